The number of hydrogen-bond acceptors (Lipinski definition) is 5. The van der Waals surface area contributed by atoms with Gasteiger partial charge in [-0.3, -0.25) is 9.10 Å². The second kappa shape index (κ2) is 7.73. The van der Waals surface area contributed by atoms with Gasteiger partial charge in [0.25, 0.3) is 15.9 Å². The van der Waals surface area contributed by atoms with Gasteiger partial charge in [0, 0.05) is 35.8 Å². The molecule has 0 saturated carbocycles. The average Bonchev–Trinajstić information content (AvgIpc) is 2.73. The Bertz CT molecular complexity index is 989. The first-order valence-corrected chi connectivity index (χ1v) is 11.3. The third kappa shape index (κ3) is 3.61. The summed E-state index contributed by atoms with van der Waals surface area (Å²) in [5.74, 6) is -0.0303. The van der Waals surface area contributed by atoms with Crippen LogP contribution in [-0.4, -0.2) is 57.8 Å². The number of fused-ring (bicyclic) bond motifs is 1. The van der Waals surface area contributed by atoms with Crippen LogP contribution in [0.5, 0.6) is 0 Å². The van der Waals surface area contributed by atoms with Gasteiger partial charge in [0.15, 0.2) is 0 Å². The van der Waals surface area contributed by atoms with Crippen molar-refractivity contribution in [1.82, 2.24) is 4.90 Å². The second-order valence-electron chi connectivity index (χ2n) is 6.47. The molecule has 2 heterocycles. The largest absolute Gasteiger partial charge is 0.378 e. The molecule has 0 N–H and O–H groups in total. The molecule has 1 saturated heterocycles. The van der Waals surface area contributed by atoms with E-state index in [2.05, 4.69) is 0 Å². The maximum Gasteiger partial charge on any atom is 0.264 e. The Morgan fingerprint density at radius 2 is 1.75 bits per heavy atom. The van der Waals surface area contributed by atoms with Crippen LogP contribution in [0.2, 0.25) is 0 Å². The van der Waals surface area contributed by atoms with E-state index in [1.54, 1.807) is 34.9 Å². The molecule has 2 aliphatic heterocycles. The number of anilines is 1. The lowest BCUT2D eigenvalue weighted by Gasteiger charge is -2.31. The summed E-state index contributed by atoms with van der Waals surface area (Å²) in [6.07, 6.45) is 0. The minimum Gasteiger partial charge on any atom is -0.378 e. The van der Waals surface area contributed by atoms with E-state index in [4.69, 9.17) is 4.74 Å². The van der Waals surface area contributed by atoms with Crippen LogP contribution in [0.25, 0.3) is 0 Å². The normalized spacial score (nSPS) is 17.3. The lowest BCUT2D eigenvalue weighted by atomic mass is 10.1. The van der Waals surface area contributed by atoms with Crippen LogP contribution in [0.3, 0.4) is 0 Å². The Kier molecular flexibility index (Phi) is 5.31. The van der Waals surface area contributed by atoms with Gasteiger partial charge in [0.1, 0.15) is 5.82 Å². The maximum atomic E-state index is 13.2. The van der Waals surface area contributed by atoms with Gasteiger partial charge < -0.3 is 9.64 Å². The van der Waals surface area contributed by atoms with Gasteiger partial charge in [-0.1, -0.05) is 0 Å². The van der Waals surface area contributed by atoms with Crippen molar-refractivity contribution in [3.63, 3.8) is 0 Å². The molecule has 9 heteroatoms. The van der Waals surface area contributed by atoms with Crippen molar-refractivity contribution in [1.29, 1.82) is 0 Å². The number of rotatable bonds is 3. The Morgan fingerprint density at radius 3 is 2.46 bits per heavy atom. The minimum atomic E-state index is -3.85. The summed E-state index contributed by atoms with van der Waals surface area (Å²) in [6.45, 7) is 2.31. The molecule has 4 rings (SSSR count). The number of carbonyl (C=O) groups is 1. The van der Waals surface area contributed by atoms with Gasteiger partial charge in [0.2, 0.25) is 0 Å². The van der Waals surface area contributed by atoms with Gasteiger partial charge >= 0.3 is 0 Å². The van der Waals surface area contributed by atoms with Crippen molar-refractivity contribution in [2.45, 2.75) is 9.79 Å². The lowest BCUT2D eigenvalue weighted by molar-refractivity contribution is 0.0303. The summed E-state index contributed by atoms with van der Waals surface area (Å²) in [6, 6.07) is 9.94. The van der Waals surface area contributed by atoms with Gasteiger partial charge in [-0.25, -0.2) is 12.8 Å². The number of hydrogen-bond donors (Lipinski definition) is 0. The van der Waals surface area contributed by atoms with E-state index in [0.29, 0.717) is 43.3 Å². The fraction of sp³-hybridized carbons (Fsp3) is 0.316. The van der Waals surface area contributed by atoms with E-state index in [9.17, 15) is 17.6 Å². The first-order valence-electron chi connectivity index (χ1n) is 8.89. The Balaban J connectivity index is 1.70. The molecule has 0 bridgehead atoms. The summed E-state index contributed by atoms with van der Waals surface area (Å²) in [5.41, 5.74) is 0.933. The predicted molar refractivity (Wildman–Crippen MR) is 105 cm³/mol. The molecule has 0 aromatic heterocycles. The van der Waals surface area contributed by atoms with Crippen molar-refractivity contribution in [2.24, 2.45) is 0 Å². The SMILES string of the molecule is O=C(c1ccc2c(c1)N(S(=O)(=O)c1ccc(F)cc1)CCS2)N1CCOCC1. The zero-order valence-electron chi connectivity index (χ0n) is 15.0. The van der Waals surface area contributed by atoms with Crippen LogP contribution in [-0.2, 0) is 14.8 Å². The van der Waals surface area contributed by atoms with Crippen LogP contribution in [0, 0.1) is 5.82 Å². The zero-order valence-corrected chi connectivity index (χ0v) is 16.6. The van der Waals surface area contributed by atoms with Gasteiger partial charge in [-0.15, -0.1) is 11.8 Å². The smallest absolute Gasteiger partial charge is 0.264 e. The number of thioether (sulfide) groups is 1. The summed E-state index contributed by atoms with van der Waals surface area (Å²) in [5, 5.41) is 0. The topological polar surface area (TPSA) is 66.9 Å². The first-order chi connectivity index (χ1) is 13.5. The molecule has 0 unspecified atom stereocenters. The maximum absolute atomic E-state index is 13.2. The van der Waals surface area contributed by atoms with Crippen LogP contribution in [0.1, 0.15) is 10.4 Å². The molecule has 2 aromatic carbocycles. The summed E-state index contributed by atoms with van der Waals surface area (Å²) < 4.78 is 46.1. The molecule has 148 valence electrons. The predicted octanol–water partition coefficient (Wildman–Crippen LogP) is 2.60. The molecule has 0 atom stereocenters. The third-order valence-corrected chi connectivity index (χ3v) is 7.60. The van der Waals surface area contributed by atoms with Crippen molar-refractivity contribution < 1.29 is 22.3 Å². The standard InChI is InChI=1S/C19H19FN2O4S2/c20-15-2-4-16(5-3-15)28(24,25)22-9-12-27-18-6-1-14(13-17(18)22)19(23)21-7-10-26-11-8-21/h1-6,13H,7-12H2. The van der Waals surface area contributed by atoms with Crippen LogP contribution >= 0.6 is 11.8 Å². The molecule has 0 spiro atoms. The number of morpholine rings is 1. The number of ether oxygens (including phenoxy) is 1. The first kappa shape index (κ1) is 19.2. The van der Waals surface area contributed by atoms with Gasteiger partial charge in [-0.05, 0) is 42.5 Å². The molecule has 6 nitrogen and oxygen atoms in total. The molecular formula is C19H19FN2O4S2. The third-order valence-electron chi connectivity index (χ3n) is 4.73. The summed E-state index contributed by atoms with van der Waals surface area (Å²) >= 11 is 1.55. The highest BCUT2D eigenvalue weighted by molar-refractivity contribution is 8.00. The van der Waals surface area contributed by atoms with Gasteiger partial charge in [0.05, 0.1) is 23.8 Å². The van der Waals surface area contributed by atoms with Crippen molar-refractivity contribution in [3.05, 3.63) is 53.8 Å². The van der Waals surface area contributed by atoms with E-state index in [1.807, 2.05) is 0 Å². The average molecular weight is 423 g/mol. The quantitative estimate of drug-likeness (QED) is 0.761. The van der Waals surface area contributed by atoms with E-state index in [1.165, 1.54) is 16.4 Å². The summed E-state index contributed by atoms with van der Waals surface area (Å²) in [4.78, 5) is 15.3. The Labute approximate surface area is 167 Å². The van der Waals surface area contributed by atoms with E-state index < -0.39 is 15.8 Å². The van der Waals surface area contributed by atoms with E-state index >= 15 is 0 Å². The molecule has 28 heavy (non-hydrogen) atoms. The van der Waals surface area contributed by atoms with Gasteiger partial charge in [-0.2, -0.15) is 0 Å². The number of halogens is 1. The Morgan fingerprint density at radius 1 is 1.04 bits per heavy atom. The number of amides is 1. The highest BCUT2D eigenvalue weighted by Crippen LogP contribution is 2.38. The van der Waals surface area contributed by atoms with Crippen molar-refractivity contribution >= 4 is 33.4 Å². The van der Waals surface area contributed by atoms with Crippen LogP contribution in [0.15, 0.2) is 52.3 Å². The van der Waals surface area contributed by atoms with Crippen molar-refractivity contribution in [3.8, 4) is 0 Å². The van der Waals surface area contributed by atoms with Crippen molar-refractivity contribution in [2.75, 3.05) is 42.9 Å². The second-order valence-corrected chi connectivity index (χ2v) is 9.47. The van der Waals surface area contributed by atoms with E-state index in [-0.39, 0.29) is 17.3 Å². The lowest BCUT2D eigenvalue weighted by Crippen LogP contribution is -2.41. The zero-order chi connectivity index (χ0) is 19.7. The Hall–Kier alpha value is -2.10. The number of nitrogens with zero attached hydrogens (tertiary/aromatic N) is 2. The number of carbonyl (C=O) groups excluding carboxylic acids is 1. The highest BCUT2D eigenvalue weighted by atomic mass is 32.2. The number of sulfonamides is 1. The highest BCUT2D eigenvalue weighted by Gasteiger charge is 2.31. The molecule has 1 amide bonds. The van der Waals surface area contributed by atoms with Crippen LogP contribution in [0.4, 0.5) is 10.1 Å². The fourth-order valence-corrected chi connectivity index (χ4v) is 5.88. The fourth-order valence-electron chi connectivity index (χ4n) is 3.26. The molecule has 0 aliphatic carbocycles. The molecule has 1 fully saturated rings. The minimum absolute atomic E-state index is 0.0247. The summed E-state index contributed by atoms with van der Waals surface area (Å²) in [7, 11) is -3.85. The van der Waals surface area contributed by atoms with E-state index in [0.717, 1.165) is 17.0 Å². The monoisotopic (exact) mass is 422 g/mol. The molecule has 2 aromatic rings. The van der Waals surface area contributed by atoms with Crippen LogP contribution < -0.4 is 4.31 Å². The number of benzene rings is 2. The molecule has 2 aliphatic rings. The molecule has 0 radical (unpaired) electrons. The molecular weight excluding hydrogens is 403 g/mol.